The Balaban J connectivity index is 1.45. The lowest BCUT2D eigenvalue weighted by Crippen LogP contribution is -2.60. The van der Waals surface area contributed by atoms with Crippen LogP contribution in [0.4, 0.5) is 14.6 Å². The molecule has 2 heterocycles. The van der Waals surface area contributed by atoms with Crippen LogP contribution >= 0.6 is 0 Å². The monoisotopic (exact) mass is 494 g/mol. The first-order valence-electron chi connectivity index (χ1n) is 12.5. The van der Waals surface area contributed by atoms with E-state index in [1.165, 1.54) is 42.2 Å². The molecule has 1 amide bonds. The fourth-order valence-electron chi connectivity index (χ4n) is 7.08. The molecule has 188 valence electrons. The molecule has 0 aliphatic heterocycles. The van der Waals surface area contributed by atoms with E-state index >= 15 is 0 Å². The Morgan fingerprint density at radius 2 is 1.78 bits per heavy atom. The maximum Gasteiger partial charge on any atom is 0.257 e. The number of hydrogen-bond donors (Lipinski definition) is 3. The van der Waals surface area contributed by atoms with Crippen LogP contribution in [0.15, 0.2) is 41.3 Å². The fourth-order valence-corrected chi connectivity index (χ4v) is 7.08. The van der Waals surface area contributed by atoms with Gasteiger partial charge in [-0.1, -0.05) is 0 Å². The van der Waals surface area contributed by atoms with Crippen molar-refractivity contribution in [2.75, 3.05) is 18.5 Å². The number of nitrogens with one attached hydrogen (secondary N) is 2. The minimum atomic E-state index is -0.845. The summed E-state index contributed by atoms with van der Waals surface area (Å²) in [5.74, 6) is 0.176. The van der Waals surface area contributed by atoms with Gasteiger partial charge in [0.05, 0.1) is 17.7 Å². The Bertz CT molecular complexity index is 1380. The van der Waals surface area contributed by atoms with E-state index in [0.717, 1.165) is 31.4 Å². The number of amides is 1. The molecule has 4 bridgehead atoms. The molecule has 9 heteroatoms. The summed E-state index contributed by atoms with van der Waals surface area (Å²) in [5.41, 5.74) is -0.793. The number of carbonyl (C=O) groups is 1. The van der Waals surface area contributed by atoms with Crippen LogP contribution in [-0.4, -0.2) is 39.3 Å². The molecule has 7 nitrogen and oxygen atoms in total. The Labute approximate surface area is 206 Å². The highest BCUT2D eigenvalue weighted by Gasteiger charge is 2.51. The predicted octanol–water partition coefficient (Wildman–Crippen LogP) is 3.77. The number of aliphatic hydroxyl groups excluding tert-OH is 1. The third-order valence-electron chi connectivity index (χ3n) is 8.10. The molecule has 0 unspecified atom stereocenters. The molecule has 2 aromatic heterocycles. The standard InChI is InChI=1S/C27H28F2N4O3/c28-18-1-3-22(21(29)10-18)33-14-20(24(35)19-2-4-23(30-5-6-34)31-25(19)33)26(36)32-27-11-15-7-16(12-27)9-17(8-15)13-27/h1-4,10,14-17,34H,5-9,11-13H2,(H,30,31)(H,32,36). The summed E-state index contributed by atoms with van der Waals surface area (Å²) in [5, 5.41) is 15.4. The average Bonchev–Trinajstić information content (AvgIpc) is 2.82. The van der Waals surface area contributed by atoms with Crippen molar-refractivity contribution < 1.29 is 18.7 Å². The molecule has 4 fully saturated rings. The molecule has 1 aromatic carbocycles. The van der Waals surface area contributed by atoms with E-state index in [9.17, 15) is 18.4 Å². The van der Waals surface area contributed by atoms with E-state index in [1.807, 2.05) is 0 Å². The number of benzene rings is 1. The molecule has 3 aromatic rings. The maximum absolute atomic E-state index is 14.9. The van der Waals surface area contributed by atoms with Crippen LogP contribution in [0.5, 0.6) is 0 Å². The zero-order valence-corrected chi connectivity index (χ0v) is 19.8. The fraction of sp³-hybridized carbons (Fsp3) is 0.444. The van der Waals surface area contributed by atoms with Crippen LogP contribution in [0, 0.1) is 29.4 Å². The second-order valence-electron chi connectivity index (χ2n) is 10.7. The SMILES string of the molecule is O=C(NC12CC3CC(CC(C3)C1)C2)c1cn(-c2ccc(F)cc2F)c2nc(NCCO)ccc2c1=O. The minimum Gasteiger partial charge on any atom is -0.395 e. The van der Waals surface area contributed by atoms with E-state index in [-0.39, 0.29) is 41.0 Å². The van der Waals surface area contributed by atoms with Gasteiger partial charge >= 0.3 is 0 Å². The molecule has 0 radical (unpaired) electrons. The summed E-state index contributed by atoms with van der Waals surface area (Å²) in [6, 6.07) is 6.23. The average molecular weight is 495 g/mol. The summed E-state index contributed by atoms with van der Waals surface area (Å²) in [7, 11) is 0. The van der Waals surface area contributed by atoms with Gasteiger partial charge in [0, 0.05) is 24.3 Å². The molecule has 7 rings (SSSR count). The Hall–Kier alpha value is -3.33. The van der Waals surface area contributed by atoms with Crippen molar-refractivity contribution in [1.82, 2.24) is 14.9 Å². The first kappa shape index (κ1) is 23.1. The van der Waals surface area contributed by atoms with Crippen LogP contribution in [-0.2, 0) is 0 Å². The van der Waals surface area contributed by atoms with Gasteiger partial charge in [-0.2, -0.15) is 0 Å². The van der Waals surface area contributed by atoms with E-state index < -0.39 is 23.0 Å². The van der Waals surface area contributed by atoms with Gasteiger partial charge in [0.25, 0.3) is 5.91 Å². The van der Waals surface area contributed by atoms with Crippen molar-refractivity contribution in [2.24, 2.45) is 17.8 Å². The molecule has 0 spiro atoms. The molecular weight excluding hydrogens is 466 g/mol. The summed E-state index contributed by atoms with van der Waals surface area (Å²) in [6.45, 7) is 0.113. The molecular formula is C27H28F2N4O3. The van der Waals surface area contributed by atoms with Crippen molar-refractivity contribution >= 4 is 22.8 Å². The van der Waals surface area contributed by atoms with Crippen LogP contribution in [0.1, 0.15) is 48.9 Å². The molecule has 3 N–H and O–H groups in total. The van der Waals surface area contributed by atoms with E-state index in [1.54, 1.807) is 6.07 Å². The van der Waals surface area contributed by atoms with Gasteiger partial charge in [0.2, 0.25) is 5.43 Å². The van der Waals surface area contributed by atoms with E-state index in [4.69, 9.17) is 5.11 Å². The van der Waals surface area contributed by atoms with Gasteiger partial charge in [-0.3, -0.25) is 14.2 Å². The number of hydrogen-bond acceptors (Lipinski definition) is 5. The summed E-state index contributed by atoms with van der Waals surface area (Å²) < 4.78 is 29.8. The number of aliphatic hydroxyl groups is 1. The van der Waals surface area contributed by atoms with Crippen molar-refractivity contribution in [3.05, 3.63) is 63.9 Å². The smallest absolute Gasteiger partial charge is 0.257 e. The first-order chi connectivity index (χ1) is 17.3. The first-order valence-corrected chi connectivity index (χ1v) is 12.5. The molecule has 4 aliphatic carbocycles. The normalized spacial score (nSPS) is 26.4. The zero-order chi connectivity index (χ0) is 25.0. The molecule has 0 atom stereocenters. The number of anilines is 1. The summed E-state index contributed by atoms with van der Waals surface area (Å²) in [6.07, 6.45) is 7.77. The van der Waals surface area contributed by atoms with Gasteiger partial charge in [-0.25, -0.2) is 13.8 Å². The topological polar surface area (TPSA) is 96.2 Å². The number of fused-ring (bicyclic) bond motifs is 1. The van der Waals surface area contributed by atoms with Crippen molar-refractivity contribution in [3.63, 3.8) is 0 Å². The molecule has 36 heavy (non-hydrogen) atoms. The Kier molecular flexibility index (Phi) is 5.55. The van der Waals surface area contributed by atoms with E-state index in [0.29, 0.717) is 23.6 Å². The largest absolute Gasteiger partial charge is 0.395 e. The van der Waals surface area contributed by atoms with Crippen molar-refractivity contribution in [3.8, 4) is 5.69 Å². The highest BCUT2D eigenvalue weighted by molar-refractivity contribution is 5.97. The van der Waals surface area contributed by atoms with Crippen LogP contribution < -0.4 is 16.1 Å². The van der Waals surface area contributed by atoms with Gasteiger partial charge in [-0.15, -0.1) is 0 Å². The minimum absolute atomic E-state index is 0.0305. The lowest BCUT2D eigenvalue weighted by atomic mass is 9.53. The number of rotatable bonds is 6. The van der Waals surface area contributed by atoms with E-state index in [2.05, 4.69) is 15.6 Å². The molecule has 0 saturated heterocycles. The van der Waals surface area contributed by atoms with Crippen molar-refractivity contribution in [1.29, 1.82) is 0 Å². The van der Waals surface area contributed by atoms with Gasteiger partial charge in [0.1, 0.15) is 23.0 Å². The zero-order valence-electron chi connectivity index (χ0n) is 19.8. The Morgan fingerprint density at radius 1 is 1.08 bits per heavy atom. The number of aromatic nitrogens is 2. The Morgan fingerprint density at radius 3 is 2.42 bits per heavy atom. The van der Waals surface area contributed by atoms with Crippen LogP contribution in [0.2, 0.25) is 0 Å². The quantitative estimate of drug-likeness (QED) is 0.485. The summed E-state index contributed by atoms with van der Waals surface area (Å²) >= 11 is 0. The molecule has 4 aliphatic rings. The number of carbonyl (C=O) groups excluding carboxylic acids is 1. The van der Waals surface area contributed by atoms with Crippen LogP contribution in [0.25, 0.3) is 16.7 Å². The maximum atomic E-state index is 14.9. The van der Waals surface area contributed by atoms with Gasteiger partial charge in [0.15, 0.2) is 5.65 Å². The predicted molar refractivity (Wildman–Crippen MR) is 131 cm³/mol. The van der Waals surface area contributed by atoms with Gasteiger partial charge in [-0.05, 0) is 80.5 Å². The third-order valence-corrected chi connectivity index (χ3v) is 8.10. The van der Waals surface area contributed by atoms with Gasteiger partial charge < -0.3 is 15.7 Å². The molecule has 4 saturated carbocycles. The summed E-state index contributed by atoms with van der Waals surface area (Å²) in [4.78, 5) is 31.5. The highest BCUT2D eigenvalue weighted by atomic mass is 19.1. The highest BCUT2D eigenvalue weighted by Crippen LogP contribution is 2.55. The second-order valence-corrected chi connectivity index (χ2v) is 10.7. The third kappa shape index (κ3) is 3.95. The number of halogens is 2. The lowest BCUT2D eigenvalue weighted by Gasteiger charge is -2.56. The number of pyridine rings is 2. The van der Waals surface area contributed by atoms with Crippen LogP contribution in [0.3, 0.4) is 0 Å². The lowest BCUT2D eigenvalue weighted by molar-refractivity contribution is -0.0167. The van der Waals surface area contributed by atoms with Crippen molar-refractivity contribution in [2.45, 2.75) is 44.1 Å². The second kappa shape index (κ2) is 8.65. The number of nitrogens with zero attached hydrogens (tertiary/aromatic N) is 2.